The Labute approximate surface area is 211 Å². The highest BCUT2D eigenvalue weighted by Gasteiger charge is 2.40. The summed E-state index contributed by atoms with van der Waals surface area (Å²) in [4.78, 5) is 29.3. The summed E-state index contributed by atoms with van der Waals surface area (Å²) < 4.78 is 19.3. The van der Waals surface area contributed by atoms with E-state index >= 15 is 0 Å². The van der Waals surface area contributed by atoms with Crippen molar-refractivity contribution in [3.05, 3.63) is 71.1 Å². The van der Waals surface area contributed by atoms with Crippen molar-refractivity contribution in [1.82, 2.24) is 9.55 Å². The third kappa shape index (κ3) is 5.83. The number of aromatic nitrogens is 2. The van der Waals surface area contributed by atoms with Crippen LogP contribution >= 0.6 is 0 Å². The van der Waals surface area contributed by atoms with Crippen LogP contribution < -0.4 is 11.4 Å². The number of rotatable bonds is 7. The highest BCUT2D eigenvalue weighted by Crippen LogP contribution is 2.41. The molecule has 0 amide bonds. The van der Waals surface area contributed by atoms with Crippen LogP contribution in [0.3, 0.4) is 0 Å². The van der Waals surface area contributed by atoms with Crippen LogP contribution in [0.2, 0.25) is 0 Å². The summed E-state index contributed by atoms with van der Waals surface area (Å²) in [6.45, 7) is 7.75. The molecule has 8 heteroatoms. The molecule has 190 valence electrons. The lowest BCUT2D eigenvalue weighted by Gasteiger charge is -2.26. The number of benzene rings is 2. The Morgan fingerprint density at radius 2 is 1.67 bits per heavy atom. The highest BCUT2D eigenvalue weighted by atomic mass is 16.6. The van der Waals surface area contributed by atoms with Gasteiger partial charge in [-0.2, -0.15) is 4.98 Å². The molecule has 2 N–H and O–H groups in total. The van der Waals surface area contributed by atoms with Crippen LogP contribution in [-0.2, 0) is 19.0 Å². The number of nitrogens with zero attached hydrogens (tertiary/aromatic N) is 2. The smallest absolute Gasteiger partial charge is 0.352 e. The van der Waals surface area contributed by atoms with Gasteiger partial charge in [0.25, 0.3) is 0 Å². The fourth-order valence-electron chi connectivity index (χ4n) is 4.47. The summed E-state index contributed by atoms with van der Waals surface area (Å²) >= 11 is 0. The summed E-state index contributed by atoms with van der Waals surface area (Å²) in [6, 6.07) is 19.2. The van der Waals surface area contributed by atoms with Crippen LogP contribution in [0, 0.1) is 5.92 Å². The number of carbonyl (C=O) groups excluding carboxylic acids is 1. The molecule has 0 aliphatic carbocycles. The summed E-state index contributed by atoms with van der Waals surface area (Å²) in [5, 5.41) is 0. The maximum absolute atomic E-state index is 13.5. The van der Waals surface area contributed by atoms with E-state index in [9.17, 15) is 9.59 Å². The molecule has 36 heavy (non-hydrogen) atoms. The van der Waals surface area contributed by atoms with Crippen molar-refractivity contribution in [3.63, 3.8) is 0 Å². The molecule has 1 saturated heterocycles. The lowest BCUT2D eigenvalue weighted by atomic mass is 9.98. The van der Waals surface area contributed by atoms with Crippen LogP contribution in [-0.4, -0.2) is 40.4 Å². The summed E-state index contributed by atoms with van der Waals surface area (Å²) in [5.41, 5.74) is 8.37. The fourth-order valence-corrected chi connectivity index (χ4v) is 4.47. The Morgan fingerprint density at radius 1 is 1.06 bits per heavy atom. The number of hydrogen-bond donors (Lipinski definition) is 1. The van der Waals surface area contributed by atoms with E-state index in [0.29, 0.717) is 24.3 Å². The molecular weight excluding hydrogens is 458 g/mol. The SMILES string of the molecule is CC(=O)OC[C@@H]1C[C@@H](COC(C)(C)C)O[C@H]1n1c(-c2ccccc2)c(-c2ccccc2)c(N)nc1=O. The summed E-state index contributed by atoms with van der Waals surface area (Å²) in [6.07, 6.45) is -0.459. The predicted molar refractivity (Wildman–Crippen MR) is 138 cm³/mol. The molecule has 2 heterocycles. The number of anilines is 1. The van der Waals surface area contributed by atoms with Crippen molar-refractivity contribution < 1.29 is 19.0 Å². The number of nitrogens with two attached hydrogens (primary N) is 1. The standard InChI is InChI=1S/C28H33N3O5/c1-18(32)34-16-21-15-22(17-35-28(2,3)4)36-26(21)31-24(20-13-9-6-10-14-20)23(25(29)30-27(31)33)19-11-7-5-8-12-19/h5-14,21-22,26H,15-17H2,1-4H3,(H2,29,30,33)/t21-,22-,26+/m0/s1. The van der Waals surface area contributed by atoms with E-state index in [4.69, 9.17) is 19.9 Å². The van der Waals surface area contributed by atoms with Crippen LogP contribution in [0.25, 0.3) is 22.4 Å². The first-order chi connectivity index (χ1) is 17.1. The molecule has 0 bridgehead atoms. The minimum Gasteiger partial charge on any atom is -0.465 e. The molecule has 3 aromatic rings. The topological polar surface area (TPSA) is 106 Å². The number of hydrogen-bond acceptors (Lipinski definition) is 7. The number of nitrogen functional groups attached to an aromatic ring is 1. The van der Waals surface area contributed by atoms with Crippen LogP contribution in [0.1, 0.15) is 40.3 Å². The molecule has 2 aromatic carbocycles. The molecule has 0 saturated carbocycles. The molecule has 1 aromatic heterocycles. The van der Waals surface area contributed by atoms with Crippen LogP contribution in [0.4, 0.5) is 5.82 Å². The van der Waals surface area contributed by atoms with E-state index in [1.54, 1.807) is 4.57 Å². The van der Waals surface area contributed by atoms with Crippen molar-refractivity contribution in [1.29, 1.82) is 0 Å². The molecule has 0 radical (unpaired) electrons. The van der Waals surface area contributed by atoms with Gasteiger partial charge < -0.3 is 19.9 Å². The minimum absolute atomic E-state index is 0.109. The van der Waals surface area contributed by atoms with E-state index in [0.717, 1.165) is 11.1 Å². The minimum atomic E-state index is -0.726. The zero-order valence-electron chi connectivity index (χ0n) is 21.1. The van der Waals surface area contributed by atoms with Crippen LogP contribution in [0.5, 0.6) is 0 Å². The summed E-state index contributed by atoms with van der Waals surface area (Å²) in [5.74, 6) is -0.528. The number of carbonyl (C=O) groups is 1. The highest BCUT2D eigenvalue weighted by molar-refractivity contribution is 5.87. The maximum atomic E-state index is 13.5. The van der Waals surface area contributed by atoms with Gasteiger partial charge in [0.05, 0.1) is 30.6 Å². The second-order valence-electron chi connectivity index (χ2n) is 9.98. The van der Waals surface area contributed by atoms with Gasteiger partial charge in [-0.3, -0.25) is 9.36 Å². The molecule has 1 aliphatic rings. The third-order valence-corrected chi connectivity index (χ3v) is 6.02. The normalized spacial score (nSPS) is 19.8. The van der Waals surface area contributed by atoms with Gasteiger partial charge in [0.15, 0.2) is 0 Å². The van der Waals surface area contributed by atoms with E-state index < -0.39 is 11.9 Å². The van der Waals surface area contributed by atoms with Gasteiger partial charge in [0.2, 0.25) is 0 Å². The van der Waals surface area contributed by atoms with E-state index in [-0.39, 0.29) is 36.0 Å². The van der Waals surface area contributed by atoms with Gasteiger partial charge in [-0.25, -0.2) is 4.79 Å². The average Bonchev–Trinajstić information content (AvgIpc) is 3.24. The Balaban J connectivity index is 1.87. The lowest BCUT2D eigenvalue weighted by Crippen LogP contribution is -2.34. The van der Waals surface area contributed by atoms with Gasteiger partial charge in [0.1, 0.15) is 12.0 Å². The molecule has 8 nitrogen and oxygen atoms in total. The van der Waals surface area contributed by atoms with Crippen molar-refractivity contribution in [2.45, 2.75) is 52.0 Å². The Hall–Kier alpha value is -3.49. The van der Waals surface area contributed by atoms with Crippen molar-refractivity contribution in [2.24, 2.45) is 5.92 Å². The molecule has 1 fully saturated rings. The van der Waals surface area contributed by atoms with E-state index in [2.05, 4.69) is 4.98 Å². The Kier molecular flexibility index (Phi) is 7.56. The molecule has 0 unspecified atom stereocenters. The number of ether oxygens (including phenoxy) is 3. The van der Waals surface area contributed by atoms with Gasteiger partial charge in [-0.15, -0.1) is 0 Å². The van der Waals surface area contributed by atoms with Crippen molar-refractivity contribution in [3.8, 4) is 22.4 Å². The molecule has 1 aliphatic heterocycles. The van der Waals surface area contributed by atoms with Crippen molar-refractivity contribution >= 4 is 11.8 Å². The zero-order chi connectivity index (χ0) is 25.9. The molecule has 3 atom stereocenters. The van der Waals surface area contributed by atoms with Gasteiger partial charge in [-0.05, 0) is 38.3 Å². The first-order valence-corrected chi connectivity index (χ1v) is 12.1. The second kappa shape index (κ2) is 10.6. The van der Waals surface area contributed by atoms with E-state index in [1.807, 2.05) is 81.4 Å². The van der Waals surface area contributed by atoms with Crippen molar-refractivity contribution in [2.75, 3.05) is 18.9 Å². The fraction of sp³-hybridized carbons (Fsp3) is 0.393. The Morgan fingerprint density at radius 3 is 2.25 bits per heavy atom. The van der Waals surface area contributed by atoms with Crippen LogP contribution in [0.15, 0.2) is 65.5 Å². The Bertz CT molecular complexity index is 1250. The van der Waals surface area contributed by atoms with Gasteiger partial charge in [0, 0.05) is 18.4 Å². The largest absolute Gasteiger partial charge is 0.465 e. The van der Waals surface area contributed by atoms with Gasteiger partial charge in [-0.1, -0.05) is 60.7 Å². The lowest BCUT2D eigenvalue weighted by molar-refractivity contribution is -0.143. The molecule has 4 rings (SSSR count). The monoisotopic (exact) mass is 491 g/mol. The molecular formula is C28H33N3O5. The average molecular weight is 492 g/mol. The van der Waals surface area contributed by atoms with Gasteiger partial charge >= 0.3 is 11.7 Å². The first-order valence-electron chi connectivity index (χ1n) is 12.1. The first kappa shape index (κ1) is 25.6. The zero-order valence-corrected chi connectivity index (χ0v) is 21.1. The molecule has 0 spiro atoms. The summed E-state index contributed by atoms with van der Waals surface area (Å²) in [7, 11) is 0. The predicted octanol–water partition coefficient (Wildman–Crippen LogP) is 4.44. The quantitative estimate of drug-likeness (QED) is 0.487. The maximum Gasteiger partial charge on any atom is 0.352 e. The third-order valence-electron chi connectivity index (χ3n) is 6.02. The second-order valence-corrected chi connectivity index (χ2v) is 9.98. The van der Waals surface area contributed by atoms with E-state index in [1.165, 1.54) is 6.92 Å². The number of esters is 1.